The summed E-state index contributed by atoms with van der Waals surface area (Å²) < 4.78 is 1.44. The number of rotatable bonds is 6. The van der Waals surface area contributed by atoms with Gasteiger partial charge in [0.1, 0.15) is 0 Å². The van der Waals surface area contributed by atoms with Crippen LogP contribution in [0.15, 0.2) is 53.3 Å². The molecule has 32 heavy (non-hydrogen) atoms. The summed E-state index contributed by atoms with van der Waals surface area (Å²) in [7, 11) is 0. The molecule has 1 aromatic heterocycles. The second kappa shape index (κ2) is 9.65. The highest BCUT2D eigenvalue weighted by molar-refractivity contribution is 6.04. The maximum absolute atomic E-state index is 13.4. The molecule has 0 radical (unpaired) electrons. The molecule has 1 saturated heterocycles. The second-order valence-corrected chi connectivity index (χ2v) is 8.89. The molecule has 3 aromatic rings. The summed E-state index contributed by atoms with van der Waals surface area (Å²) in [6.45, 7) is 10.8. The van der Waals surface area contributed by atoms with Crippen molar-refractivity contribution in [3.8, 4) is 0 Å². The van der Waals surface area contributed by atoms with Gasteiger partial charge in [-0.25, -0.2) is 4.68 Å². The molecule has 1 fully saturated rings. The van der Waals surface area contributed by atoms with Gasteiger partial charge in [-0.15, -0.1) is 0 Å². The SMILES string of the molecule is CCCn1nc(C(=O)N2CCN(Cc3ccc(C(C)C)cc3)CC2)c2ccccc2c1=O. The largest absolute Gasteiger partial charge is 0.335 e. The van der Waals surface area contributed by atoms with Crippen LogP contribution in [-0.4, -0.2) is 51.7 Å². The van der Waals surface area contributed by atoms with Crippen LogP contribution >= 0.6 is 0 Å². The molecule has 0 N–H and O–H groups in total. The zero-order valence-electron chi connectivity index (χ0n) is 19.3. The zero-order valence-corrected chi connectivity index (χ0v) is 19.3. The lowest BCUT2D eigenvalue weighted by molar-refractivity contribution is 0.0622. The molecule has 0 spiro atoms. The van der Waals surface area contributed by atoms with Gasteiger partial charge < -0.3 is 4.90 Å². The molecule has 2 aromatic carbocycles. The summed E-state index contributed by atoms with van der Waals surface area (Å²) in [5.41, 5.74) is 2.90. The van der Waals surface area contributed by atoms with Crippen molar-refractivity contribution < 1.29 is 4.79 Å². The van der Waals surface area contributed by atoms with E-state index in [1.807, 2.05) is 30.0 Å². The van der Waals surface area contributed by atoms with Crippen molar-refractivity contribution in [2.75, 3.05) is 26.2 Å². The number of hydrogen-bond donors (Lipinski definition) is 0. The van der Waals surface area contributed by atoms with E-state index in [4.69, 9.17) is 0 Å². The third-order valence-electron chi connectivity index (χ3n) is 6.22. The van der Waals surface area contributed by atoms with E-state index in [9.17, 15) is 9.59 Å². The Hall–Kier alpha value is -2.99. The van der Waals surface area contributed by atoms with Crippen molar-refractivity contribution in [1.82, 2.24) is 19.6 Å². The number of nitrogens with zero attached hydrogens (tertiary/aromatic N) is 4. The highest BCUT2D eigenvalue weighted by Crippen LogP contribution is 2.19. The van der Waals surface area contributed by atoms with Gasteiger partial charge in [0.2, 0.25) is 0 Å². The summed E-state index contributed by atoms with van der Waals surface area (Å²) in [5.74, 6) is 0.446. The molecular weight excluding hydrogens is 400 g/mol. The maximum Gasteiger partial charge on any atom is 0.275 e. The van der Waals surface area contributed by atoms with Gasteiger partial charge in [-0.1, -0.05) is 63.2 Å². The monoisotopic (exact) mass is 432 g/mol. The molecule has 0 aliphatic carbocycles. The normalized spacial score (nSPS) is 14.9. The number of carbonyl (C=O) groups excluding carboxylic acids is 1. The zero-order chi connectivity index (χ0) is 22.7. The van der Waals surface area contributed by atoms with Gasteiger partial charge in [-0.05, 0) is 29.5 Å². The Kier molecular flexibility index (Phi) is 6.70. The lowest BCUT2D eigenvalue weighted by atomic mass is 10.0. The van der Waals surface area contributed by atoms with Gasteiger partial charge in [0.05, 0.1) is 5.39 Å². The fourth-order valence-corrected chi connectivity index (χ4v) is 4.28. The first kappa shape index (κ1) is 22.2. The van der Waals surface area contributed by atoms with Crippen LogP contribution in [-0.2, 0) is 13.1 Å². The third-order valence-corrected chi connectivity index (χ3v) is 6.22. The summed E-state index contributed by atoms with van der Waals surface area (Å²) in [4.78, 5) is 30.3. The molecular formula is C26H32N4O2. The molecule has 1 aliphatic heterocycles. The summed E-state index contributed by atoms with van der Waals surface area (Å²) in [6, 6.07) is 16.1. The standard InChI is InChI=1S/C26H32N4O2/c1-4-13-30-25(31)23-8-6-5-7-22(23)24(27-30)26(32)29-16-14-28(15-17-29)18-20-9-11-21(12-10-20)19(2)3/h5-12,19H,4,13-18H2,1-3H3. The Bertz CT molecular complexity index is 1140. The van der Waals surface area contributed by atoms with Crippen LogP contribution in [0.25, 0.3) is 10.8 Å². The number of aryl methyl sites for hydroxylation is 1. The van der Waals surface area contributed by atoms with Crippen LogP contribution in [0.4, 0.5) is 0 Å². The van der Waals surface area contributed by atoms with Crippen molar-refractivity contribution in [3.63, 3.8) is 0 Å². The minimum absolute atomic E-state index is 0.0908. The number of carbonyl (C=O) groups is 1. The maximum atomic E-state index is 13.4. The number of piperazine rings is 1. The molecule has 4 rings (SSSR count). The van der Waals surface area contributed by atoms with Crippen LogP contribution in [0, 0.1) is 0 Å². The molecule has 0 saturated carbocycles. The van der Waals surface area contributed by atoms with Gasteiger partial charge in [-0.2, -0.15) is 5.10 Å². The number of fused-ring (bicyclic) bond motifs is 1. The molecule has 168 valence electrons. The lowest BCUT2D eigenvalue weighted by Gasteiger charge is -2.34. The van der Waals surface area contributed by atoms with Crippen LogP contribution in [0.5, 0.6) is 0 Å². The fourth-order valence-electron chi connectivity index (χ4n) is 4.28. The molecule has 0 atom stereocenters. The summed E-state index contributed by atoms with van der Waals surface area (Å²) in [6.07, 6.45) is 0.787. The van der Waals surface area contributed by atoms with Crippen LogP contribution in [0.1, 0.15) is 54.7 Å². The molecule has 2 heterocycles. The molecule has 0 bridgehead atoms. The van der Waals surface area contributed by atoms with E-state index in [-0.39, 0.29) is 11.5 Å². The van der Waals surface area contributed by atoms with Gasteiger partial charge in [0.25, 0.3) is 11.5 Å². The number of amides is 1. The molecule has 6 nitrogen and oxygen atoms in total. The Morgan fingerprint density at radius 3 is 2.25 bits per heavy atom. The molecule has 1 amide bonds. The summed E-state index contributed by atoms with van der Waals surface area (Å²) >= 11 is 0. The minimum atomic E-state index is -0.132. The van der Waals surface area contributed by atoms with Crippen LogP contribution in [0.2, 0.25) is 0 Å². The van der Waals surface area contributed by atoms with Crippen LogP contribution < -0.4 is 5.56 Å². The van der Waals surface area contributed by atoms with E-state index in [1.54, 1.807) is 6.07 Å². The van der Waals surface area contributed by atoms with Gasteiger partial charge in [-0.3, -0.25) is 14.5 Å². The molecule has 1 aliphatic rings. The Labute approximate surface area is 189 Å². The first-order valence-corrected chi connectivity index (χ1v) is 11.6. The average Bonchev–Trinajstić information content (AvgIpc) is 2.81. The van der Waals surface area contributed by atoms with E-state index in [1.165, 1.54) is 15.8 Å². The topological polar surface area (TPSA) is 58.4 Å². The van der Waals surface area contributed by atoms with Crippen molar-refractivity contribution in [1.29, 1.82) is 0 Å². The van der Waals surface area contributed by atoms with Crippen LogP contribution in [0.3, 0.4) is 0 Å². The van der Waals surface area contributed by atoms with E-state index >= 15 is 0 Å². The first-order valence-electron chi connectivity index (χ1n) is 11.6. The van der Waals surface area contributed by atoms with Gasteiger partial charge >= 0.3 is 0 Å². The number of benzene rings is 2. The Morgan fingerprint density at radius 2 is 1.62 bits per heavy atom. The summed E-state index contributed by atoms with van der Waals surface area (Å²) in [5, 5.41) is 5.67. The Morgan fingerprint density at radius 1 is 0.969 bits per heavy atom. The van der Waals surface area contributed by atoms with Crippen molar-refractivity contribution >= 4 is 16.7 Å². The third kappa shape index (κ3) is 4.60. The number of aromatic nitrogens is 2. The predicted molar refractivity (Wildman–Crippen MR) is 128 cm³/mol. The highest BCUT2D eigenvalue weighted by Gasteiger charge is 2.25. The quantitative estimate of drug-likeness (QED) is 0.593. The smallest absolute Gasteiger partial charge is 0.275 e. The van der Waals surface area contributed by atoms with E-state index in [0.29, 0.717) is 42.0 Å². The predicted octanol–water partition coefficient (Wildman–Crippen LogP) is 3.89. The van der Waals surface area contributed by atoms with Crippen molar-refractivity contribution in [3.05, 3.63) is 75.7 Å². The van der Waals surface area contributed by atoms with Gasteiger partial charge in [0.15, 0.2) is 5.69 Å². The molecule has 0 unspecified atom stereocenters. The van der Waals surface area contributed by atoms with Crippen molar-refractivity contribution in [2.45, 2.75) is 46.2 Å². The fraction of sp³-hybridized carbons (Fsp3) is 0.423. The van der Waals surface area contributed by atoms with Gasteiger partial charge in [0, 0.05) is 44.7 Å². The molecule has 6 heteroatoms. The highest BCUT2D eigenvalue weighted by atomic mass is 16.2. The first-order chi connectivity index (χ1) is 15.5. The Balaban J connectivity index is 1.47. The van der Waals surface area contributed by atoms with E-state index < -0.39 is 0 Å². The number of hydrogen-bond acceptors (Lipinski definition) is 4. The minimum Gasteiger partial charge on any atom is -0.335 e. The van der Waals surface area contributed by atoms with Crippen molar-refractivity contribution in [2.24, 2.45) is 0 Å². The second-order valence-electron chi connectivity index (χ2n) is 8.89. The average molecular weight is 433 g/mol. The van der Waals surface area contributed by atoms with E-state index in [2.05, 4.69) is 48.1 Å². The van der Waals surface area contributed by atoms with E-state index in [0.717, 1.165) is 26.1 Å². The lowest BCUT2D eigenvalue weighted by Crippen LogP contribution is -2.48.